The third-order valence-corrected chi connectivity index (χ3v) is 5.19. The van der Waals surface area contributed by atoms with Crippen LogP contribution in [0.4, 0.5) is 20.3 Å². The maximum Gasteiger partial charge on any atom is 0.275 e. The Morgan fingerprint density at radius 1 is 1.10 bits per heavy atom. The van der Waals surface area contributed by atoms with Gasteiger partial charge in [0.2, 0.25) is 0 Å². The third-order valence-electron chi connectivity index (χ3n) is 5.19. The Bertz CT molecular complexity index is 1080. The number of nitrogens with one attached hydrogen (secondary N) is 1. The van der Waals surface area contributed by atoms with Crippen LogP contribution in [-0.2, 0) is 4.74 Å². The first-order chi connectivity index (χ1) is 14.5. The van der Waals surface area contributed by atoms with Crippen LogP contribution in [0.2, 0.25) is 0 Å². The van der Waals surface area contributed by atoms with Crippen LogP contribution in [0.1, 0.15) is 5.82 Å². The summed E-state index contributed by atoms with van der Waals surface area (Å²) in [6.07, 6.45) is 3.35. The average molecular weight is 419 g/mol. The van der Waals surface area contributed by atoms with E-state index in [9.17, 15) is 13.6 Å². The quantitative estimate of drug-likeness (QED) is 0.616. The number of benzene rings is 1. The van der Waals surface area contributed by atoms with Crippen molar-refractivity contribution < 1.29 is 18.3 Å². The summed E-state index contributed by atoms with van der Waals surface area (Å²) >= 11 is 0. The Balaban J connectivity index is 1.48. The first kappa shape index (κ1) is 20.1. The molecule has 1 fully saturated rings. The molecule has 0 atom stereocenters. The molecule has 1 aromatic carbocycles. The molecule has 10 heteroatoms. The van der Waals surface area contributed by atoms with Crippen LogP contribution in [0, 0.1) is 18.6 Å². The number of aryl methyl sites for hydroxylation is 1. The summed E-state index contributed by atoms with van der Waals surface area (Å²) in [5, 5.41) is 0. The van der Waals surface area contributed by atoms with Crippen LogP contribution in [0.3, 0.4) is 0 Å². The van der Waals surface area contributed by atoms with Crippen molar-refractivity contribution in [2.75, 3.05) is 56.3 Å². The first-order valence-corrected chi connectivity index (χ1v) is 9.65. The summed E-state index contributed by atoms with van der Waals surface area (Å²) in [5.74, 6) is 0.162. The molecule has 1 aliphatic rings. The highest BCUT2D eigenvalue weighted by Crippen LogP contribution is 2.29. The van der Waals surface area contributed by atoms with Crippen LogP contribution in [0.25, 0.3) is 5.52 Å². The standard InChI is InChI=1S/C20H23F2N5O3/c1-13-23-11-17-20(28)24-18(12-27(13)17)25-3-5-26(6-4-25)19-15(21)9-14(10-16(19)22)30-8-7-29-2/h9-12H,3-8H2,1-2H3,(H,24,28). The number of aromatic amines is 1. The summed E-state index contributed by atoms with van der Waals surface area (Å²) in [4.78, 5) is 23.0. The van der Waals surface area contributed by atoms with E-state index >= 15 is 0 Å². The minimum Gasteiger partial charge on any atom is -0.491 e. The van der Waals surface area contributed by atoms with Crippen LogP contribution in [-0.4, -0.2) is 60.9 Å². The molecule has 3 aromatic rings. The molecular weight excluding hydrogens is 396 g/mol. The predicted molar refractivity (Wildman–Crippen MR) is 109 cm³/mol. The molecule has 4 rings (SSSR count). The molecule has 0 spiro atoms. The fraction of sp³-hybridized carbons (Fsp3) is 0.400. The lowest BCUT2D eigenvalue weighted by Gasteiger charge is -2.37. The van der Waals surface area contributed by atoms with Gasteiger partial charge in [-0.25, -0.2) is 13.8 Å². The van der Waals surface area contributed by atoms with Gasteiger partial charge < -0.3 is 24.3 Å². The summed E-state index contributed by atoms with van der Waals surface area (Å²) in [6, 6.07) is 2.38. The zero-order chi connectivity index (χ0) is 21.3. The lowest BCUT2D eigenvalue weighted by Crippen LogP contribution is -2.47. The van der Waals surface area contributed by atoms with Gasteiger partial charge in [-0.15, -0.1) is 0 Å². The van der Waals surface area contributed by atoms with Crippen molar-refractivity contribution in [1.29, 1.82) is 0 Å². The van der Waals surface area contributed by atoms with Gasteiger partial charge in [0.25, 0.3) is 5.56 Å². The van der Waals surface area contributed by atoms with Crippen molar-refractivity contribution in [2.24, 2.45) is 0 Å². The van der Waals surface area contributed by atoms with Gasteiger partial charge in [-0.2, -0.15) is 0 Å². The van der Waals surface area contributed by atoms with Gasteiger partial charge >= 0.3 is 0 Å². The molecule has 0 radical (unpaired) electrons. The van der Waals surface area contributed by atoms with Crippen LogP contribution in [0.5, 0.6) is 5.75 Å². The van der Waals surface area contributed by atoms with Crippen molar-refractivity contribution in [3.63, 3.8) is 0 Å². The number of methoxy groups -OCH3 is 1. The van der Waals surface area contributed by atoms with E-state index < -0.39 is 11.6 Å². The molecule has 0 saturated carbocycles. The lowest BCUT2D eigenvalue weighted by atomic mass is 10.2. The van der Waals surface area contributed by atoms with E-state index in [4.69, 9.17) is 9.47 Å². The number of aromatic nitrogens is 3. The topological polar surface area (TPSA) is 75.1 Å². The van der Waals surface area contributed by atoms with E-state index in [1.807, 2.05) is 18.0 Å². The van der Waals surface area contributed by atoms with E-state index in [1.165, 1.54) is 25.4 Å². The second-order valence-corrected chi connectivity index (χ2v) is 7.08. The molecule has 8 nitrogen and oxygen atoms in total. The highest BCUT2D eigenvalue weighted by Gasteiger charge is 2.24. The monoisotopic (exact) mass is 419 g/mol. The van der Waals surface area contributed by atoms with Gasteiger partial charge in [-0.05, 0) is 6.92 Å². The molecule has 0 bridgehead atoms. The number of hydrogen-bond acceptors (Lipinski definition) is 6. The molecule has 160 valence electrons. The molecule has 0 unspecified atom stereocenters. The smallest absolute Gasteiger partial charge is 0.275 e. The van der Waals surface area contributed by atoms with Gasteiger partial charge in [-0.1, -0.05) is 0 Å². The molecule has 3 heterocycles. The molecule has 0 aliphatic carbocycles. The highest BCUT2D eigenvalue weighted by molar-refractivity contribution is 5.55. The van der Waals surface area contributed by atoms with E-state index in [-0.39, 0.29) is 23.6 Å². The Kier molecular flexibility index (Phi) is 5.58. The number of rotatable bonds is 6. The number of piperazine rings is 1. The fourth-order valence-electron chi connectivity index (χ4n) is 3.62. The minimum absolute atomic E-state index is 0.0665. The van der Waals surface area contributed by atoms with Gasteiger partial charge in [0.05, 0.1) is 19.0 Å². The number of nitrogens with zero attached hydrogens (tertiary/aromatic N) is 4. The van der Waals surface area contributed by atoms with Crippen LogP contribution < -0.4 is 20.1 Å². The van der Waals surface area contributed by atoms with E-state index in [0.717, 1.165) is 0 Å². The van der Waals surface area contributed by atoms with Gasteiger partial charge in [0.15, 0.2) is 11.6 Å². The zero-order valence-corrected chi connectivity index (χ0v) is 16.8. The number of fused-ring (bicyclic) bond motifs is 1. The van der Waals surface area contributed by atoms with Crippen LogP contribution >= 0.6 is 0 Å². The van der Waals surface area contributed by atoms with E-state index in [1.54, 1.807) is 9.30 Å². The normalized spacial score (nSPS) is 14.5. The molecular formula is C20H23F2N5O3. The van der Waals surface area contributed by atoms with Gasteiger partial charge in [0, 0.05) is 45.4 Å². The number of hydrogen-bond donors (Lipinski definition) is 1. The summed E-state index contributed by atoms with van der Waals surface area (Å²) in [5.41, 5.74) is 0.187. The minimum atomic E-state index is -0.667. The molecule has 1 saturated heterocycles. The second kappa shape index (κ2) is 8.31. The van der Waals surface area contributed by atoms with Crippen molar-refractivity contribution in [3.05, 3.63) is 52.3 Å². The molecule has 2 aromatic heterocycles. The van der Waals surface area contributed by atoms with Gasteiger partial charge in [-0.3, -0.25) is 9.20 Å². The summed E-state index contributed by atoms with van der Waals surface area (Å²) < 4.78 is 41.1. The van der Waals surface area contributed by atoms with E-state index in [2.05, 4.69) is 9.97 Å². The number of halogens is 2. The van der Waals surface area contributed by atoms with Crippen molar-refractivity contribution in [3.8, 4) is 5.75 Å². The molecule has 1 aliphatic heterocycles. The number of H-pyrrole nitrogens is 1. The van der Waals surface area contributed by atoms with Crippen LogP contribution in [0.15, 0.2) is 29.3 Å². The SMILES string of the molecule is COCCOc1cc(F)c(N2CCN(c3cn4c(C)ncc4c(=O)[nH]3)CC2)c(F)c1. The molecule has 1 N–H and O–H groups in total. The largest absolute Gasteiger partial charge is 0.491 e. The average Bonchev–Trinajstić information content (AvgIpc) is 3.10. The summed E-state index contributed by atoms with van der Waals surface area (Å²) in [6.45, 7) is 4.18. The fourth-order valence-corrected chi connectivity index (χ4v) is 3.62. The van der Waals surface area contributed by atoms with Crippen molar-refractivity contribution in [1.82, 2.24) is 14.4 Å². The Morgan fingerprint density at radius 2 is 1.77 bits per heavy atom. The summed E-state index contributed by atoms with van der Waals surface area (Å²) in [7, 11) is 1.53. The lowest BCUT2D eigenvalue weighted by molar-refractivity contribution is 0.146. The Morgan fingerprint density at radius 3 is 2.43 bits per heavy atom. The molecule has 0 amide bonds. The van der Waals surface area contributed by atoms with Crippen molar-refractivity contribution >= 4 is 17.0 Å². The molecule has 30 heavy (non-hydrogen) atoms. The second-order valence-electron chi connectivity index (χ2n) is 7.08. The Labute approximate surface area is 171 Å². The maximum absolute atomic E-state index is 14.6. The maximum atomic E-state index is 14.6. The predicted octanol–water partition coefficient (Wildman–Crippen LogP) is 1.96. The number of ether oxygens (including phenoxy) is 2. The number of anilines is 2. The van der Waals surface area contributed by atoms with Crippen molar-refractivity contribution in [2.45, 2.75) is 6.92 Å². The third kappa shape index (κ3) is 3.82. The first-order valence-electron chi connectivity index (χ1n) is 9.65. The van der Waals surface area contributed by atoms with Gasteiger partial charge in [0.1, 0.15) is 35.2 Å². The number of imidazole rings is 1. The Hall–Kier alpha value is -3.14. The van der Waals surface area contributed by atoms with E-state index in [0.29, 0.717) is 49.9 Å². The zero-order valence-electron chi connectivity index (χ0n) is 16.8. The highest BCUT2D eigenvalue weighted by atomic mass is 19.1.